The first kappa shape index (κ1) is 22.8. The zero-order chi connectivity index (χ0) is 22.9. The number of aryl methyl sites for hydroxylation is 1. The van der Waals surface area contributed by atoms with Gasteiger partial charge in [-0.1, -0.05) is 11.3 Å². The number of hydrogen-bond acceptors (Lipinski definition) is 8. The Labute approximate surface area is 181 Å². The van der Waals surface area contributed by atoms with Crippen LogP contribution < -0.4 is 11.2 Å². The topological polar surface area (TPSA) is 130 Å². The first-order chi connectivity index (χ1) is 14.7. The molecule has 3 rings (SSSR count). The maximum atomic E-state index is 13.4. The summed E-state index contributed by atoms with van der Waals surface area (Å²) in [5.41, 5.74) is -0.789. The van der Waals surface area contributed by atoms with E-state index in [1.165, 1.54) is 40.0 Å². The lowest BCUT2D eigenvalue weighted by Crippen LogP contribution is -2.45. The Bertz CT molecular complexity index is 1200. The monoisotopic (exact) mass is 451 g/mol. The molecule has 0 spiro atoms. The summed E-state index contributed by atoms with van der Waals surface area (Å²) in [7, 11) is 1.56. The average Bonchev–Trinajstić information content (AvgIpc) is 3.36. The Morgan fingerprint density at radius 2 is 1.81 bits per heavy atom. The number of aromatic nitrogens is 5. The van der Waals surface area contributed by atoms with Gasteiger partial charge in [-0.15, -0.1) is 4.80 Å². The fourth-order valence-corrected chi connectivity index (χ4v) is 4.61. The number of thiophene rings is 1. The lowest BCUT2D eigenvalue weighted by atomic mass is 10.2. The number of ether oxygens (including phenoxy) is 2. The van der Waals surface area contributed by atoms with Gasteiger partial charge in [0.15, 0.2) is 0 Å². The highest BCUT2D eigenvalue weighted by molar-refractivity contribution is 7.21. The minimum absolute atomic E-state index is 0.265. The van der Waals surface area contributed by atoms with Crippen molar-refractivity contribution in [3.05, 3.63) is 38.8 Å². The second-order valence-corrected chi connectivity index (χ2v) is 8.16. The third-order valence-corrected chi connectivity index (χ3v) is 6.52. The van der Waals surface area contributed by atoms with Gasteiger partial charge in [0, 0.05) is 12.7 Å². The molecule has 0 aliphatic rings. The molecule has 3 aromatic rings. The fraction of sp³-hybridized carbons (Fsp3) is 0.526. The zero-order valence-electron chi connectivity index (χ0n) is 17.9. The number of fused-ring (bicyclic) bond motifs is 1. The van der Waals surface area contributed by atoms with Crippen molar-refractivity contribution in [2.45, 2.75) is 45.9 Å². The third-order valence-electron chi connectivity index (χ3n) is 5.27. The smallest absolute Gasteiger partial charge is 0.333 e. The second kappa shape index (κ2) is 9.12. The Morgan fingerprint density at radius 1 is 1.16 bits per heavy atom. The van der Waals surface area contributed by atoms with Gasteiger partial charge in [0.25, 0.3) is 5.56 Å². The third kappa shape index (κ3) is 4.05. The van der Waals surface area contributed by atoms with E-state index in [2.05, 4.69) is 10.2 Å². The summed E-state index contributed by atoms with van der Waals surface area (Å²) >= 11 is 1.20. The van der Waals surface area contributed by atoms with E-state index in [0.29, 0.717) is 28.6 Å². The van der Waals surface area contributed by atoms with Gasteiger partial charge < -0.3 is 14.6 Å². The SMILES string of the molecule is COCCO[C@H](C)C(C)n1c(=O)n([C@H](C)C(=O)O)c(=O)c2c(C)c(-n3nccn3)sc21. The van der Waals surface area contributed by atoms with E-state index < -0.39 is 35.4 Å². The average molecular weight is 452 g/mol. The Kier molecular flexibility index (Phi) is 6.72. The minimum Gasteiger partial charge on any atom is -0.480 e. The molecule has 168 valence electrons. The van der Waals surface area contributed by atoms with Crippen molar-refractivity contribution >= 4 is 27.5 Å². The van der Waals surface area contributed by atoms with Crippen LogP contribution in [0.2, 0.25) is 0 Å². The zero-order valence-corrected chi connectivity index (χ0v) is 18.8. The summed E-state index contributed by atoms with van der Waals surface area (Å²) in [4.78, 5) is 40.1. The highest BCUT2D eigenvalue weighted by Gasteiger charge is 2.29. The van der Waals surface area contributed by atoms with E-state index in [4.69, 9.17) is 9.47 Å². The van der Waals surface area contributed by atoms with Crippen LogP contribution in [0, 0.1) is 6.92 Å². The van der Waals surface area contributed by atoms with Crippen LogP contribution >= 0.6 is 11.3 Å². The first-order valence-electron chi connectivity index (χ1n) is 9.70. The summed E-state index contributed by atoms with van der Waals surface area (Å²) in [5.74, 6) is -1.27. The van der Waals surface area contributed by atoms with Gasteiger partial charge in [0.05, 0.1) is 43.1 Å². The Hall–Kier alpha value is -2.83. The van der Waals surface area contributed by atoms with Gasteiger partial charge in [-0.2, -0.15) is 10.2 Å². The van der Waals surface area contributed by atoms with Crippen LogP contribution in [0.1, 0.15) is 38.4 Å². The molecule has 3 aromatic heterocycles. The number of carboxylic acid groups (broad SMARTS) is 1. The van der Waals surface area contributed by atoms with Crippen LogP contribution in [0.5, 0.6) is 0 Å². The maximum absolute atomic E-state index is 13.4. The van der Waals surface area contributed by atoms with E-state index >= 15 is 0 Å². The van der Waals surface area contributed by atoms with Gasteiger partial charge in [0.2, 0.25) is 0 Å². The fourth-order valence-electron chi connectivity index (χ4n) is 3.31. The summed E-state index contributed by atoms with van der Waals surface area (Å²) < 4.78 is 13.0. The van der Waals surface area contributed by atoms with Crippen LogP contribution in [0.15, 0.2) is 22.0 Å². The molecular formula is C19H25N5O6S. The molecule has 3 atom stereocenters. The van der Waals surface area contributed by atoms with E-state index in [-0.39, 0.29) is 5.39 Å². The molecular weight excluding hydrogens is 426 g/mol. The van der Waals surface area contributed by atoms with E-state index in [9.17, 15) is 19.5 Å². The van der Waals surface area contributed by atoms with Crippen molar-refractivity contribution in [2.75, 3.05) is 20.3 Å². The molecule has 11 nitrogen and oxygen atoms in total. The standard InChI is InChI=1S/C19H25N5O6S/c1-10-14-15(25)22(12(3)18(26)27)19(28)23(11(2)13(4)30-9-8-29-5)17(14)31-16(10)24-20-6-7-21-24/h6-7,11-13H,8-9H2,1-5H3,(H,26,27)/t11?,12-,13-/m1/s1. The van der Waals surface area contributed by atoms with Crippen molar-refractivity contribution in [3.8, 4) is 5.00 Å². The molecule has 1 N–H and O–H groups in total. The molecule has 0 amide bonds. The van der Waals surface area contributed by atoms with Crippen LogP contribution in [0.3, 0.4) is 0 Å². The molecule has 0 aromatic carbocycles. The van der Waals surface area contributed by atoms with Crippen molar-refractivity contribution in [1.29, 1.82) is 0 Å². The summed E-state index contributed by atoms with van der Waals surface area (Å²) in [5, 5.41) is 18.6. The van der Waals surface area contributed by atoms with Crippen LogP contribution in [0.25, 0.3) is 15.2 Å². The van der Waals surface area contributed by atoms with Crippen molar-refractivity contribution in [3.63, 3.8) is 0 Å². The lowest BCUT2D eigenvalue weighted by Gasteiger charge is -2.24. The quantitative estimate of drug-likeness (QED) is 0.483. The summed E-state index contributed by atoms with van der Waals surface area (Å²) in [6.45, 7) is 7.36. The highest BCUT2D eigenvalue weighted by atomic mass is 32.1. The number of methoxy groups -OCH3 is 1. The van der Waals surface area contributed by atoms with Gasteiger partial charge >= 0.3 is 11.7 Å². The van der Waals surface area contributed by atoms with Crippen LogP contribution in [0.4, 0.5) is 0 Å². The molecule has 0 fully saturated rings. The van der Waals surface area contributed by atoms with Crippen LogP contribution in [-0.4, -0.2) is 61.6 Å². The van der Waals surface area contributed by atoms with E-state index in [1.807, 2.05) is 6.92 Å². The maximum Gasteiger partial charge on any atom is 0.333 e. The molecule has 0 bridgehead atoms. The second-order valence-electron chi connectivity index (χ2n) is 7.18. The number of hydrogen-bond donors (Lipinski definition) is 1. The molecule has 0 aliphatic heterocycles. The molecule has 0 aliphatic carbocycles. The largest absolute Gasteiger partial charge is 0.480 e. The lowest BCUT2D eigenvalue weighted by molar-refractivity contribution is -0.140. The van der Waals surface area contributed by atoms with E-state index in [1.54, 1.807) is 21.0 Å². The predicted octanol–water partition coefficient (Wildman–Crippen LogP) is 1.37. The molecule has 3 heterocycles. The molecule has 0 radical (unpaired) electrons. The van der Waals surface area contributed by atoms with Crippen molar-refractivity contribution in [1.82, 2.24) is 24.1 Å². The van der Waals surface area contributed by atoms with E-state index in [0.717, 1.165) is 4.57 Å². The summed E-state index contributed by atoms with van der Waals surface area (Å²) in [6, 6.07) is -1.82. The Balaban J connectivity index is 2.31. The predicted molar refractivity (Wildman–Crippen MR) is 114 cm³/mol. The van der Waals surface area contributed by atoms with Gasteiger partial charge in [-0.05, 0) is 27.7 Å². The normalized spacial score (nSPS) is 14.6. The molecule has 1 unspecified atom stereocenters. The molecule has 0 saturated carbocycles. The molecule has 31 heavy (non-hydrogen) atoms. The number of nitrogens with zero attached hydrogens (tertiary/aromatic N) is 5. The highest BCUT2D eigenvalue weighted by Crippen LogP contribution is 2.32. The van der Waals surface area contributed by atoms with Gasteiger partial charge in [0.1, 0.15) is 15.9 Å². The van der Waals surface area contributed by atoms with Crippen LogP contribution in [-0.2, 0) is 14.3 Å². The number of aliphatic carboxylic acids is 1. The first-order valence-corrected chi connectivity index (χ1v) is 10.5. The molecule has 0 saturated heterocycles. The van der Waals surface area contributed by atoms with Crippen molar-refractivity contribution in [2.24, 2.45) is 0 Å². The minimum atomic E-state index is -1.34. The van der Waals surface area contributed by atoms with Gasteiger partial charge in [-0.25, -0.2) is 14.2 Å². The Morgan fingerprint density at radius 3 is 2.39 bits per heavy atom. The number of carbonyl (C=O) groups is 1. The number of rotatable bonds is 9. The van der Waals surface area contributed by atoms with Crippen molar-refractivity contribution < 1.29 is 19.4 Å². The summed E-state index contributed by atoms with van der Waals surface area (Å²) in [6.07, 6.45) is 2.61. The number of carboxylic acids is 1. The van der Waals surface area contributed by atoms with Gasteiger partial charge in [-0.3, -0.25) is 9.36 Å². The molecule has 12 heteroatoms.